The van der Waals surface area contributed by atoms with Crippen molar-refractivity contribution < 1.29 is 19.6 Å². The van der Waals surface area contributed by atoms with E-state index in [0.717, 1.165) is 6.07 Å². The zero-order valence-electron chi connectivity index (χ0n) is 9.42. The Labute approximate surface area is 107 Å². The fraction of sp³-hybridized carbons (Fsp3) is 0.300. The summed E-state index contributed by atoms with van der Waals surface area (Å²) in [5, 5.41) is 22.1. The standard InChI is InChI=1S/C10H11ClN2O5/c1-12-8(10(14)15)5-18-9-4-6(13(16)17)2-3-7(9)11/h2-4,8,12H,5H2,1H3,(H,14,15). The predicted octanol–water partition coefficient (Wildman–Crippen LogP) is 1.30. The molecule has 18 heavy (non-hydrogen) atoms. The molecule has 1 rings (SSSR count). The Morgan fingerprint density at radius 2 is 2.33 bits per heavy atom. The molecule has 0 spiro atoms. The Hall–Kier alpha value is -1.86. The first-order valence-corrected chi connectivity index (χ1v) is 5.30. The normalized spacial score (nSPS) is 11.9. The van der Waals surface area contributed by atoms with E-state index in [-0.39, 0.29) is 23.1 Å². The number of aliphatic carboxylic acids is 1. The van der Waals surface area contributed by atoms with E-state index in [0.29, 0.717) is 0 Å². The van der Waals surface area contributed by atoms with Crippen LogP contribution in [0.15, 0.2) is 18.2 Å². The number of nitrogens with zero attached hydrogens (tertiary/aromatic N) is 1. The molecule has 0 radical (unpaired) electrons. The van der Waals surface area contributed by atoms with Gasteiger partial charge in [-0.2, -0.15) is 0 Å². The van der Waals surface area contributed by atoms with Gasteiger partial charge in [0.25, 0.3) is 5.69 Å². The van der Waals surface area contributed by atoms with Crippen LogP contribution in [0.3, 0.4) is 0 Å². The number of nitrogens with one attached hydrogen (secondary N) is 1. The van der Waals surface area contributed by atoms with Crippen molar-refractivity contribution in [2.75, 3.05) is 13.7 Å². The van der Waals surface area contributed by atoms with Gasteiger partial charge in [0.2, 0.25) is 0 Å². The second-order valence-electron chi connectivity index (χ2n) is 3.36. The van der Waals surface area contributed by atoms with Gasteiger partial charge in [0, 0.05) is 6.07 Å². The number of hydrogen-bond donors (Lipinski definition) is 2. The topological polar surface area (TPSA) is 102 Å². The number of hydrogen-bond acceptors (Lipinski definition) is 5. The van der Waals surface area contributed by atoms with Crippen LogP contribution in [0.5, 0.6) is 5.75 Å². The van der Waals surface area contributed by atoms with Gasteiger partial charge in [0.1, 0.15) is 18.4 Å². The minimum atomic E-state index is -1.08. The van der Waals surface area contributed by atoms with Crippen molar-refractivity contribution >= 4 is 23.3 Å². The molecule has 0 heterocycles. The number of carboxylic acid groups (broad SMARTS) is 1. The van der Waals surface area contributed by atoms with Crippen LogP contribution in [0.25, 0.3) is 0 Å². The van der Waals surface area contributed by atoms with E-state index in [1.165, 1.54) is 19.2 Å². The molecule has 98 valence electrons. The Morgan fingerprint density at radius 1 is 1.67 bits per heavy atom. The van der Waals surface area contributed by atoms with Crippen molar-refractivity contribution in [1.29, 1.82) is 0 Å². The lowest BCUT2D eigenvalue weighted by Crippen LogP contribution is -2.39. The van der Waals surface area contributed by atoms with Crippen molar-refractivity contribution in [3.63, 3.8) is 0 Å². The summed E-state index contributed by atoms with van der Waals surface area (Å²) in [7, 11) is 1.47. The highest BCUT2D eigenvalue weighted by Crippen LogP contribution is 2.28. The number of halogens is 1. The first-order chi connectivity index (χ1) is 8.45. The van der Waals surface area contributed by atoms with E-state index >= 15 is 0 Å². The molecule has 0 amide bonds. The summed E-state index contributed by atoms with van der Waals surface area (Å²) in [6.45, 7) is -0.188. The summed E-state index contributed by atoms with van der Waals surface area (Å²) >= 11 is 5.79. The molecule has 0 saturated carbocycles. The van der Waals surface area contributed by atoms with Gasteiger partial charge in [-0.15, -0.1) is 0 Å². The summed E-state index contributed by atoms with van der Waals surface area (Å²) in [5.74, 6) is -1.01. The zero-order valence-corrected chi connectivity index (χ0v) is 10.2. The maximum atomic E-state index is 10.7. The Kier molecular flexibility index (Phi) is 4.87. The highest BCUT2D eigenvalue weighted by atomic mass is 35.5. The van der Waals surface area contributed by atoms with Crippen LogP contribution < -0.4 is 10.1 Å². The number of benzene rings is 1. The molecule has 0 aliphatic heterocycles. The monoisotopic (exact) mass is 274 g/mol. The highest BCUT2D eigenvalue weighted by molar-refractivity contribution is 6.32. The van der Waals surface area contributed by atoms with E-state index in [1.807, 2.05) is 0 Å². The van der Waals surface area contributed by atoms with Crippen LogP contribution >= 0.6 is 11.6 Å². The van der Waals surface area contributed by atoms with Crippen LogP contribution in [0.4, 0.5) is 5.69 Å². The molecule has 1 aromatic rings. The predicted molar refractivity (Wildman–Crippen MR) is 64.1 cm³/mol. The summed E-state index contributed by atoms with van der Waals surface area (Å²) in [5.41, 5.74) is -0.175. The van der Waals surface area contributed by atoms with Crippen molar-refractivity contribution in [3.8, 4) is 5.75 Å². The van der Waals surface area contributed by atoms with Gasteiger partial charge in [0.15, 0.2) is 0 Å². The van der Waals surface area contributed by atoms with Crippen molar-refractivity contribution in [1.82, 2.24) is 5.32 Å². The van der Waals surface area contributed by atoms with E-state index in [4.69, 9.17) is 21.4 Å². The van der Waals surface area contributed by atoms with E-state index in [9.17, 15) is 14.9 Å². The van der Waals surface area contributed by atoms with Gasteiger partial charge in [-0.25, -0.2) is 0 Å². The number of ether oxygens (including phenoxy) is 1. The smallest absolute Gasteiger partial charge is 0.324 e. The summed E-state index contributed by atoms with van der Waals surface area (Å²) in [4.78, 5) is 20.7. The van der Waals surface area contributed by atoms with E-state index in [2.05, 4.69) is 5.32 Å². The van der Waals surface area contributed by atoms with Crippen LogP contribution in [0.1, 0.15) is 0 Å². The number of carbonyl (C=O) groups is 1. The van der Waals surface area contributed by atoms with Gasteiger partial charge in [0.05, 0.1) is 16.0 Å². The molecule has 0 aliphatic rings. The lowest BCUT2D eigenvalue weighted by molar-refractivity contribution is -0.384. The quantitative estimate of drug-likeness (QED) is 0.599. The van der Waals surface area contributed by atoms with Crippen LogP contribution in [-0.4, -0.2) is 35.7 Å². The van der Waals surface area contributed by atoms with Crippen molar-refractivity contribution in [2.24, 2.45) is 0 Å². The molecular weight excluding hydrogens is 264 g/mol. The maximum absolute atomic E-state index is 10.7. The van der Waals surface area contributed by atoms with Gasteiger partial charge in [-0.05, 0) is 13.1 Å². The summed E-state index contributed by atoms with van der Waals surface area (Å²) in [6, 6.07) is 2.79. The average Bonchev–Trinajstić information content (AvgIpc) is 2.31. The third-order valence-corrected chi connectivity index (χ3v) is 2.49. The third-order valence-electron chi connectivity index (χ3n) is 2.18. The molecule has 0 bridgehead atoms. The van der Waals surface area contributed by atoms with Gasteiger partial charge >= 0.3 is 5.97 Å². The van der Waals surface area contributed by atoms with E-state index < -0.39 is 16.9 Å². The fourth-order valence-electron chi connectivity index (χ4n) is 1.17. The van der Waals surface area contributed by atoms with E-state index in [1.54, 1.807) is 0 Å². The zero-order chi connectivity index (χ0) is 13.7. The largest absolute Gasteiger partial charge is 0.490 e. The molecule has 8 heteroatoms. The lowest BCUT2D eigenvalue weighted by Gasteiger charge is -2.13. The number of likely N-dealkylation sites (N-methyl/N-ethyl adjacent to an activating group) is 1. The number of non-ortho nitro benzene ring substituents is 1. The molecular formula is C10H11ClN2O5. The maximum Gasteiger partial charge on any atom is 0.324 e. The minimum absolute atomic E-state index is 0.0763. The molecule has 0 saturated heterocycles. The molecule has 0 aliphatic carbocycles. The summed E-state index contributed by atoms with van der Waals surface area (Å²) < 4.78 is 5.16. The second kappa shape index (κ2) is 6.18. The second-order valence-corrected chi connectivity index (χ2v) is 3.77. The minimum Gasteiger partial charge on any atom is -0.490 e. The SMILES string of the molecule is CNC(COc1cc([N+](=O)[O-])ccc1Cl)C(=O)O. The van der Waals surface area contributed by atoms with Gasteiger partial charge < -0.3 is 15.2 Å². The number of rotatable bonds is 6. The first-order valence-electron chi connectivity index (χ1n) is 4.92. The Balaban J connectivity index is 2.80. The fourth-order valence-corrected chi connectivity index (χ4v) is 1.34. The number of nitro groups is 1. The molecule has 1 unspecified atom stereocenters. The lowest BCUT2D eigenvalue weighted by atomic mass is 10.3. The first kappa shape index (κ1) is 14.2. The Bertz CT molecular complexity index is 466. The molecule has 0 aromatic heterocycles. The van der Waals surface area contributed by atoms with Gasteiger partial charge in [-0.1, -0.05) is 11.6 Å². The van der Waals surface area contributed by atoms with Crippen LogP contribution in [-0.2, 0) is 4.79 Å². The Morgan fingerprint density at radius 3 is 2.83 bits per heavy atom. The third kappa shape index (κ3) is 3.57. The highest BCUT2D eigenvalue weighted by Gasteiger charge is 2.17. The average molecular weight is 275 g/mol. The van der Waals surface area contributed by atoms with Crippen molar-refractivity contribution in [3.05, 3.63) is 33.3 Å². The molecule has 7 nitrogen and oxygen atoms in total. The number of nitro benzene ring substituents is 1. The molecule has 1 atom stereocenters. The van der Waals surface area contributed by atoms with Crippen LogP contribution in [0, 0.1) is 10.1 Å². The van der Waals surface area contributed by atoms with Gasteiger partial charge in [-0.3, -0.25) is 14.9 Å². The molecule has 0 fully saturated rings. The van der Waals surface area contributed by atoms with Crippen molar-refractivity contribution in [2.45, 2.75) is 6.04 Å². The van der Waals surface area contributed by atoms with Crippen LogP contribution in [0.2, 0.25) is 5.02 Å². The molecule has 2 N–H and O–H groups in total. The number of carboxylic acids is 1. The summed E-state index contributed by atoms with van der Waals surface area (Å²) in [6.07, 6.45) is 0. The molecule has 1 aromatic carbocycles.